The van der Waals surface area contributed by atoms with Crippen molar-refractivity contribution in [2.75, 3.05) is 13.1 Å². The first-order valence-corrected chi connectivity index (χ1v) is 7.15. The van der Waals surface area contributed by atoms with Gasteiger partial charge in [-0.2, -0.15) is 0 Å². The number of likely N-dealkylation sites (tertiary alicyclic amines) is 1. The van der Waals surface area contributed by atoms with Gasteiger partial charge in [0.2, 0.25) is 0 Å². The number of fused-ring (bicyclic) bond motifs is 1. The Bertz CT molecular complexity index is 447. The Morgan fingerprint density at radius 2 is 2.35 bits per heavy atom. The number of hydrogen-bond acceptors (Lipinski definition) is 3. The lowest BCUT2D eigenvalue weighted by Crippen LogP contribution is -2.42. The first-order chi connectivity index (χ1) is 8.16. The molecule has 3 unspecified atom stereocenters. The van der Waals surface area contributed by atoms with E-state index in [4.69, 9.17) is 11.6 Å². The van der Waals surface area contributed by atoms with Crippen molar-refractivity contribution in [3.8, 4) is 0 Å². The molecule has 3 rings (SSSR count). The van der Waals surface area contributed by atoms with E-state index >= 15 is 0 Å². The molecule has 1 amide bonds. The smallest absolute Gasteiger partial charge is 0.264 e. The average molecular weight is 271 g/mol. The Hall–Kier alpha value is -0.580. The second-order valence-corrected chi connectivity index (χ2v) is 6.60. The number of carbonyl (C=O) groups is 1. The molecule has 3 heterocycles. The summed E-state index contributed by atoms with van der Waals surface area (Å²) in [4.78, 5) is 15.3. The number of amides is 1. The lowest BCUT2D eigenvalue weighted by molar-refractivity contribution is 0.0687. The SMILES string of the molecule is CC1CC2CNCC2N1C(=O)c1ccc(Cl)s1. The third-order valence-corrected chi connectivity index (χ3v) is 5.02. The van der Waals surface area contributed by atoms with Gasteiger partial charge in [-0.3, -0.25) is 4.79 Å². The summed E-state index contributed by atoms with van der Waals surface area (Å²) in [5, 5.41) is 3.37. The van der Waals surface area contributed by atoms with Gasteiger partial charge >= 0.3 is 0 Å². The van der Waals surface area contributed by atoms with Crippen LogP contribution in [-0.4, -0.2) is 36.0 Å². The van der Waals surface area contributed by atoms with Gasteiger partial charge in [0, 0.05) is 25.2 Å². The fraction of sp³-hybridized carbons (Fsp3) is 0.583. The Morgan fingerprint density at radius 1 is 1.53 bits per heavy atom. The Morgan fingerprint density at radius 3 is 3.06 bits per heavy atom. The number of halogens is 1. The Kier molecular flexibility index (Phi) is 2.89. The van der Waals surface area contributed by atoms with Crippen LogP contribution in [0.5, 0.6) is 0 Å². The van der Waals surface area contributed by atoms with E-state index in [1.807, 2.05) is 11.0 Å². The van der Waals surface area contributed by atoms with E-state index in [-0.39, 0.29) is 5.91 Å². The van der Waals surface area contributed by atoms with Crippen LogP contribution in [0.1, 0.15) is 23.0 Å². The molecule has 0 spiro atoms. The lowest BCUT2D eigenvalue weighted by Gasteiger charge is -2.27. The van der Waals surface area contributed by atoms with E-state index in [0.29, 0.717) is 22.3 Å². The van der Waals surface area contributed by atoms with Crippen molar-refractivity contribution in [3.05, 3.63) is 21.3 Å². The van der Waals surface area contributed by atoms with E-state index in [1.165, 1.54) is 11.3 Å². The summed E-state index contributed by atoms with van der Waals surface area (Å²) in [6.07, 6.45) is 1.11. The van der Waals surface area contributed by atoms with E-state index in [9.17, 15) is 4.79 Å². The summed E-state index contributed by atoms with van der Waals surface area (Å²) >= 11 is 7.27. The number of hydrogen-bond donors (Lipinski definition) is 1. The van der Waals surface area contributed by atoms with Gasteiger partial charge in [-0.05, 0) is 31.4 Å². The molecule has 2 aliphatic rings. The fourth-order valence-electron chi connectivity index (χ4n) is 3.07. The maximum Gasteiger partial charge on any atom is 0.264 e. The Labute approximate surface area is 110 Å². The second-order valence-electron chi connectivity index (χ2n) is 4.89. The normalized spacial score (nSPS) is 31.9. The lowest BCUT2D eigenvalue weighted by atomic mass is 10.0. The summed E-state index contributed by atoms with van der Waals surface area (Å²) in [5.41, 5.74) is 0. The molecule has 2 saturated heterocycles. The first kappa shape index (κ1) is 11.5. The molecule has 1 aromatic heterocycles. The van der Waals surface area contributed by atoms with Gasteiger partial charge in [-0.15, -0.1) is 11.3 Å². The number of nitrogens with zero attached hydrogens (tertiary/aromatic N) is 1. The summed E-state index contributed by atoms with van der Waals surface area (Å²) in [6.45, 7) is 4.12. The third kappa shape index (κ3) is 1.88. The van der Waals surface area contributed by atoms with Crippen LogP contribution in [-0.2, 0) is 0 Å². The van der Waals surface area contributed by atoms with Gasteiger partial charge in [-0.25, -0.2) is 0 Å². The number of carbonyl (C=O) groups excluding carboxylic acids is 1. The molecule has 3 atom stereocenters. The van der Waals surface area contributed by atoms with Crippen LogP contribution < -0.4 is 5.32 Å². The number of rotatable bonds is 1. The molecular weight excluding hydrogens is 256 g/mol. The van der Waals surface area contributed by atoms with Crippen LogP contribution in [0.2, 0.25) is 4.34 Å². The maximum atomic E-state index is 12.5. The van der Waals surface area contributed by atoms with Gasteiger partial charge in [0.05, 0.1) is 9.21 Å². The minimum Gasteiger partial charge on any atom is -0.331 e. The van der Waals surface area contributed by atoms with Crippen LogP contribution in [0.15, 0.2) is 12.1 Å². The van der Waals surface area contributed by atoms with Crippen LogP contribution in [0.3, 0.4) is 0 Å². The van der Waals surface area contributed by atoms with Gasteiger partial charge in [-0.1, -0.05) is 11.6 Å². The molecule has 92 valence electrons. The second kappa shape index (κ2) is 4.26. The van der Waals surface area contributed by atoms with Crippen LogP contribution >= 0.6 is 22.9 Å². The zero-order valence-electron chi connectivity index (χ0n) is 9.65. The topological polar surface area (TPSA) is 32.3 Å². The van der Waals surface area contributed by atoms with Crippen LogP contribution in [0.25, 0.3) is 0 Å². The molecule has 0 aliphatic carbocycles. The van der Waals surface area contributed by atoms with Crippen molar-refractivity contribution in [1.82, 2.24) is 10.2 Å². The summed E-state index contributed by atoms with van der Waals surface area (Å²) in [6, 6.07) is 4.35. The predicted octanol–water partition coefficient (Wildman–Crippen LogP) is 2.22. The molecular formula is C12H15ClN2OS. The quantitative estimate of drug-likeness (QED) is 0.849. The molecule has 0 bridgehead atoms. The minimum absolute atomic E-state index is 0.144. The summed E-state index contributed by atoms with van der Waals surface area (Å²) in [5.74, 6) is 0.773. The van der Waals surface area contributed by atoms with Crippen LogP contribution in [0.4, 0.5) is 0 Å². The fourth-order valence-corrected chi connectivity index (χ4v) is 4.06. The van der Waals surface area contributed by atoms with Gasteiger partial charge in [0.15, 0.2) is 0 Å². The van der Waals surface area contributed by atoms with E-state index in [1.54, 1.807) is 6.07 Å². The zero-order valence-corrected chi connectivity index (χ0v) is 11.2. The first-order valence-electron chi connectivity index (χ1n) is 5.95. The van der Waals surface area contributed by atoms with Crippen LogP contribution in [0, 0.1) is 5.92 Å². The number of thiophene rings is 1. The average Bonchev–Trinajstić information content (AvgIpc) is 2.92. The highest BCUT2D eigenvalue weighted by Gasteiger charge is 2.44. The predicted molar refractivity (Wildman–Crippen MR) is 69.7 cm³/mol. The highest BCUT2D eigenvalue weighted by molar-refractivity contribution is 7.17. The highest BCUT2D eigenvalue weighted by atomic mass is 35.5. The number of nitrogens with one attached hydrogen (secondary N) is 1. The van der Waals surface area contributed by atoms with Crippen molar-refractivity contribution < 1.29 is 4.79 Å². The maximum absolute atomic E-state index is 12.5. The van der Waals surface area contributed by atoms with Crippen molar-refractivity contribution in [2.45, 2.75) is 25.4 Å². The highest BCUT2D eigenvalue weighted by Crippen LogP contribution is 2.34. The molecule has 3 nitrogen and oxygen atoms in total. The van der Waals surface area contributed by atoms with E-state index in [0.717, 1.165) is 24.4 Å². The summed E-state index contributed by atoms with van der Waals surface area (Å²) in [7, 11) is 0. The molecule has 17 heavy (non-hydrogen) atoms. The van der Waals surface area contributed by atoms with Gasteiger partial charge < -0.3 is 10.2 Å². The van der Waals surface area contributed by atoms with Gasteiger partial charge in [0.25, 0.3) is 5.91 Å². The standard InChI is InChI=1S/C12H15ClN2OS/c1-7-4-8-5-14-6-9(8)15(7)12(16)10-2-3-11(13)17-10/h2-3,7-9,14H,4-6H2,1H3. The largest absolute Gasteiger partial charge is 0.331 e. The van der Waals surface area contributed by atoms with E-state index < -0.39 is 0 Å². The molecule has 2 fully saturated rings. The van der Waals surface area contributed by atoms with Gasteiger partial charge in [0.1, 0.15) is 0 Å². The van der Waals surface area contributed by atoms with Crippen molar-refractivity contribution in [2.24, 2.45) is 5.92 Å². The van der Waals surface area contributed by atoms with E-state index in [2.05, 4.69) is 12.2 Å². The third-order valence-electron chi connectivity index (χ3n) is 3.80. The molecule has 1 N–H and O–H groups in total. The molecule has 0 radical (unpaired) electrons. The van der Waals surface area contributed by atoms with Crippen molar-refractivity contribution in [1.29, 1.82) is 0 Å². The van der Waals surface area contributed by atoms with Crippen molar-refractivity contribution in [3.63, 3.8) is 0 Å². The molecule has 5 heteroatoms. The molecule has 1 aromatic rings. The monoisotopic (exact) mass is 270 g/mol. The molecule has 0 aromatic carbocycles. The molecule has 2 aliphatic heterocycles. The van der Waals surface area contributed by atoms with Crippen molar-refractivity contribution >= 4 is 28.8 Å². The molecule has 0 saturated carbocycles. The zero-order chi connectivity index (χ0) is 12.0. The summed E-state index contributed by atoms with van der Waals surface area (Å²) < 4.78 is 0.682. The minimum atomic E-state index is 0.144. The Balaban J connectivity index is 1.85.